The first-order valence-corrected chi connectivity index (χ1v) is 8.84. The first kappa shape index (κ1) is 18.5. The third-order valence-corrected chi connectivity index (χ3v) is 4.67. The zero-order valence-corrected chi connectivity index (χ0v) is 15.5. The van der Waals surface area contributed by atoms with Crippen molar-refractivity contribution >= 4 is 39.9 Å². The Hall–Kier alpha value is -3.91. The molecule has 1 amide bonds. The molecule has 144 valence electrons. The number of nitrogens with one attached hydrogen (secondary N) is 1. The van der Waals surface area contributed by atoms with Crippen molar-refractivity contribution in [3.05, 3.63) is 87.4 Å². The molecule has 0 aliphatic heterocycles. The number of aromatic nitrogens is 2. The maximum absolute atomic E-state index is 12.3. The Bertz CT molecular complexity index is 1250. The Balaban J connectivity index is 1.61. The summed E-state index contributed by atoms with van der Waals surface area (Å²) in [5.74, 6) is -0.116. The van der Waals surface area contributed by atoms with Crippen LogP contribution in [-0.4, -0.2) is 25.8 Å². The second-order valence-corrected chi connectivity index (χ2v) is 6.60. The summed E-state index contributed by atoms with van der Waals surface area (Å²) in [4.78, 5) is 27.1. The lowest BCUT2D eigenvalue weighted by atomic mass is 10.1. The molecule has 0 spiro atoms. The highest BCUT2D eigenvalue weighted by molar-refractivity contribution is 6.34. The van der Waals surface area contributed by atoms with Crippen LogP contribution < -0.4 is 5.32 Å². The SMILES string of the molecule is O=C(Nc1ccc(-c2nc3ccc([N+](=O)[O-])cc3n2O)cc1)c1ccccc1Cl. The number of imidazole rings is 1. The number of benzene rings is 3. The normalized spacial score (nSPS) is 10.8. The summed E-state index contributed by atoms with van der Waals surface area (Å²) >= 11 is 6.04. The molecule has 0 radical (unpaired) electrons. The fourth-order valence-corrected chi connectivity index (χ4v) is 3.12. The lowest BCUT2D eigenvalue weighted by molar-refractivity contribution is -0.384. The molecule has 8 nitrogen and oxygen atoms in total. The molecule has 0 aliphatic carbocycles. The van der Waals surface area contributed by atoms with E-state index >= 15 is 0 Å². The van der Waals surface area contributed by atoms with Gasteiger partial charge in [-0.25, -0.2) is 4.98 Å². The van der Waals surface area contributed by atoms with Crippen molar-refractivity contribution in [1.82, 2.24) is 9.71 Å². The van der Waals surface area contributed by atoms with Crippen molar-refractivity contribution in [3.8, 4) is 11.4 Å². The van der Waals surface area contributed by atoms with Crippen LogP contribution in [0.25, 0.3) is 22.4 Å². The summed E-state index contributed by atoms with van der Waals surface area (Å²) in [5, 5.41) is 24.4. The van der Waals surface area contributed by atoms with E-state index in [1.807, 2.05) is 0 Å². The molecule has 4 aromatic rings. The predicted molar refractivity (Wildman–Crippen MR) is 108 cm³/mol. The standard InChI is InChI=1S/C20H13ClN4O4/c21-16-4-2-1-3-15(16)20(26)22-13-7-5-12(6-8-13)19-23-17-10-9-14(25(28)29)11-18(17)24(19)27/h1-11,27H,(H,22,26). The Morgan fingerprint density at radius 2 is 1.83 bits per heavy atom. The molecule has 1 heterocycles. The molecule has 0 aliphatic rings. The van der Waals surface area contributed by atoms with Crippen molar-refractivity contribution in [2.75, 3.05) is 5.32 Å². The average molecular weight is 409 g/mol. The van der Waals surface area contributed by atoms with Gasteiger partial charge in [0.1, 0.15) is 5.52 Å². The molecule has 0 bridgehead atoms. The number of hydrogen-bond donors (Lipinski definition) is 2. The van der Waals surface area contributed by atoms with E-state index in [1.165, 1.54) is 18.2 Å². The van der Waals surface area contributed by atoms with Crippen LogP contribution in [0.5, 0.6) is 0 Å². The number of amides is 1. The summed E-state index contributed by atoms with van der Waals surface area (Å²) in [6.45, 7) is 0. The maximum Gasteiger partial charge on any atom is 0.271 e. The van der Waals surface area contributed by atoms with Crippen molar-refractivity contribution in [2.24, 2.45) is 0 Å². The number of carbonyl (C=O) groups excluding carboxylic acids is 1. The van der Waals surface area contributed by atoms with Crippen LogP contribution in [0.3, 0.4) is 0 Å². The highest BCUT2D eigenvalue weighted by atomic mass is 35.5. The smallest absolute Gasteiger partial charge is 0.271 e. The molecule has 0 atom stereocenters. The summed E-state index contributed by atoms with van der Waals surface area (Å²) in [6.07, 6.45) is 0. The molecule has 9 heteroatoms. The zero-order chi connectivity index (χ0) is 20.5. The first-order chi connectivity index (χ1) is 13.9. The molecule has 1 aromatic heterocycles. The van der Waals surface area contributed by atoms with Gasteiger partial charge in [-0.15, -0.1) is 0 Å². The minimum atomic E-state index is -0.539. The second-order valence-electron chi connectivity index (χ2n) is 6.19. The highest BCUT2D eigenvalue weighted by Crippen LogP contribution is 2.27. The topological polar surface area (TPSA) is 110 Å². The van der Waals surface area contributed by atoms with E-state index in [0.717, 1.165) is 4.73 Å². The van der Waals surface area contributed by atoms with Crippen LogP contribution in [0.2, 0.25) is 5.02 Å². The molecule has 0 saturated carbocycles. The highest BCUT2D eigenvalue weighted by Gasteiger charge is 2.16. The van der Waals surface area contributed by atoms with Gasteiger partial charge < -0.3 is 10.5 Å². The van der Waals surface area contributed by atoms with E-state index in [4.69, 9.17) is 11.6 Å². The van der Waals surface area contributed by atoms with Crippen LogP contribution >= 0.6 is 11.6 Å². The van der Waals surface area contributed by atoms with Gasteiger partial charge in [0.15, 0.2) is 5.82 Å². The van der Waals surface area contributed by atoms with Gasteiger partial charge in [0.05, 0.1) is 21.0 Å². The minimum Gasteiger partial charge on any atom is -0.426 e. The monoisotopic (exact) mass is 408 g/mol. The molecule has 3 aromatic carbocycles. The molecule has 2 N–H and O–H groups in total. The summed E-state index contributed by atoms with van der Waals surface area (Å²) < 4.78 is 0.805. The van der Waals surface area contributed by atoms with Gasteiger partial charge in [-0.1, -0.05) is 23.7 Å². The van der Waals surface area contributed by atoms with Gasteiger partial charge in [0, 0.05) is 23.4 Å². The number of hydrogen-bond acceptors (Lipinski definition) is 5. The average Bonchev–Trinajstić information content (AvgIpc) is 3.05. The molecular formula is C20H13ClN4O4. The number of halogens is 1. The number of rotatable bonds is 4. The van der Waals surface area contributed by atoms with Gasteiger partial charge in [0.25, 0.3) is 11.6 Å². The van der Waals surface area contributed by atoms with Crippen LogP contribution in [0.15, 0.2) is 66.7 Å². The zero-order valence-electron chi connectivity index (χ0n) is 14.7. The van der Waals surface area contributed by atoms with Crippen molar-refractivity contribution in [1.29, 1.82) is 0 Å². The number of non-ortho nitro benzene ring substituents is 1. The van der Waals surface area contributed by atoms with Crippen LogP contribution in [0.4, 0.5) is 11.4 Å². The molecule has 0 fully saturated rings. The van der Waals surface area contributed by atoms with E-state index < -0.39 is 4.92 Å². The van der Waals surface area contributed by atoms with E-state index in [2.05, 4.69) is 10.3 Å². The number of carbonyl (C=O) groups is 1. The van der Waals surface area contributed by atoms with Gasteiger partial charge in [0.2, 0.25) is 0 Å². The minimum absolute atomic E-state index is 0.142. The van der Waals surface area contributed by atoms with Crippen molar-refractivity contribution in [2.45, 2.75) is 0 Å². The van der Waals surface area contributed by atoms with E-state index in [1.54, 1.807) is 48.5 Å². The number of nitrogens with zero attached hydrogens (tertiary/aromatic N) is 3. The van der Waals surface area contributed by atoms with Crippen molar-refractivity contribution in [3.63, 3.8) is 0 Å². The largest absolute Gasteiger partial charge is 0.426 e. The van der Waals surface area contributed by atoms with Crippen LogP contribution in [-0.2, 0) is 0 Å². The number of fused-ring (bicyclic) bond motifs is 1. The van der Waals surface area contributed by atoms with Crippen molar-refractivity contribution < 1.29 is 14.9 Å². The van der Waals surface area contributed by atoms with E-state index in [-0.39, 0.29) is 22.9 Å². The Labute approximate surface area is 169 Å². The quantitative estimate of drug-likeness (QED) is 0.287. The number of nitro benzene ring substituents is 1. The van der Waals surface area contributed by atoms with Crippen LogP contribution in [0.1, 0.15) is 10.4 Å². The van der Waals surface area contributed by atoms with Gasteiger partial charge in [-0.05, 0) is 42.5 Å². The van der Waals surface area contributed by atoms with Gasteiger partial charge in [-0.3, -0.25) is 14.9 Å². The third kappa shape index (κ3) is 3.48. The summed E-state index contributed by atoms with van der Waals surface area (Å²) in [5.41, 5.74) is 1.97. The van der Waals surface area contributed by atoms with E-state index in [9.17, 15) is 20.1 Å². The van der Waals surface area contributed by atoms with Gasteiger partial charge in [-0.2, -0.15) is 4.73 Å². The first-order valence-electron chi connectivity index (χ1n) is 8.46. The maximum atomic E-state index is 12.3. The van der Waals surface area contributed by atoms with Gasteiger partial charge >= 0.3 is 0 Å². The molecule has 29 heavy (non-hydrogen) atoms. The predicted octanol–water partition coefficient (Wildman–Crippen LogP) is 4.75. The second kappa shape index (κ2) is 7.25. The number of nitro groups is 1. The molecule has 4 rings (SSSR count). The fraction of sp³-hybridized carbons (Fsp3) is 0. The Kier molecular flexibility index (Phi) is 4.61. The Morgan fingerprint density at radius 1 is 1.10 bits per heavy atom. The third-order valence-electron chi connectivity index (χ3n) is 4.34. The Morgan fingerprint density at radius 3 is 2.52 bits per heavy atom. The molecule has 0 unspecified atom stereocenters. The number of anilines is 1. The van der Waals surface area contributed by atoms with E-state index in [0.29, 0.717) is 27.4 Å². The van der Waals surface area contributed by atoms with Crippen LogP contribution in [0, 0.1) is 10.1 Å². The lowest BCUT2D eigenvalue weighted by Gasteiger charge is -2.07. The lowest BCUT2D eigenvalue weighted by Crippen LogP contribution is -2.12. The fourth-order valence-electron chi connectivity index (χ4n) is 2.90. The molecule has 0 saturated heterocycles. The molecular weight excluding hydrogens is 396 g/mol. The summed E-state index contributed by atoms with van der Waals surface area (Å²) in [7, 11) is 0. The summed E-state index contributed by atoms with van der Waals surface area (Å²) in [6, 6.07) is 17.4.